The van der Waals surface area contributed by atoms with Crippen LogP contribution in [-0.4, -0.2) is 38.7 Å². The van der Waals surface area contributed by atoms with Gasteiger partial charge < -0.3 is 15.4 Å². The quantitative estimate of drug-likeness (QED) is 0.507. The zero-order valence-electron chi connectivity index (χ0n) is 13.6. The van der Waals surface area contributed by atoms with Crippen LogP contribution >= 0.6 is 0 Å². The number of rotatable bonds is 9. The van der Waals surface area contributed by atoms with Crippen molar-refractivity contribution in [2.75, 3.05) is 26.2 Å². The zero-order valence-corrected chi connectivity index (χ0v) is 13.6. The monoisotopic (exact) mass is 342 g/mol. The molecule has 1 aliphatic rings. The number of hydrogen-bond donors (Lipinski definition) is 4. The van der Waals surface area contributed by atoms with E-state index < -0.39 is 6.61 Å². The van der Waals surface area contributed by atoms with E-state index in [2.05, 4.69) is 33.1 Å². The van der Waals surface area contributed by atoms with Crippen LogP contribution in [0.2, 0.25) is 0 Å². The Hall–Kier alpha value is -1.77. The molecule has 0 saturated carbocycles. The summed E-state index contributed by atoms with van der Waals surface area (Å²) in [6.07, 6.45) is 1.05. The topological polar surface area (TPSA) is 74.4 Å². The maximum atomic E-state index is 12.4. The van der Waals surface area contributed by atoms with E-state index in [1.165, 1.54) is 12.1 Å². The van der Waals surface area contributed by atoms with Crippen molar-refractivity contribution in [3.8, 4) is 5.75 Å². The lowest BCUT2D eigenvalue weighted by molar-refractivity contribution is -0.124. The molecule has 8 heteroatoms. The number of amides is 1. The van der Waals surface area contributed by atoms with Gasteiger partial charge >= 0.3 is 6.61 Å². The van der Waals surface area contributed by atoms with Crippen molar-refractivity contribution in [2.24, 2.45) is 5.92 Å². The van der Waals surface area contributed by atoms with Crippen molar-refractivity contribution in [2.45, 2.75) is 26.0 Å². The van der Waals surface area contributed by atoms with Gasteiger partial charge in [-0.1, -0.05) is 19.1 Å². The van der Waals surface area contributed by atoms with Crippen LogP contribution in [-0.2, 0) is 4.79 Å². The highest BCUT2D eigenvalue weighted by Gasteiger charge is 2.33. The summed E-state index contributed by atoms with van der Waals surface area (Å²) in [5.74, 6) is -0.312. The Labute approximate surface area is 140 Å². The van der Waals surface area contributed by atoms with Crippen molar-refractivity contribution in [3.05, 3.63) is 29.8 Å². The number of benzene rings is 1. The van der Waals surface area contributed by atoms with Crippen molar-refractivity contribution in [1.82, 2.24) is 21.5 Å². The van der Waals surface area contributed by atoms with Gasteiger partial charge in [0.25, 0.3) is 0 Å². The number of carbonyl (C=O) groups is 1. The largest absolute Gasteiger partial charge is 0.435 e. The average Bonchev–Trinajstić information content (AvgIpc) is 3.04. The molecule has 1 saturated heterocycles. The molecule has 1 heterocycles. The highest BCUT2D eigenvalue weighted by atomic mass is 19.3. The maximum absolute atomic E-state index is 12.4. The summed E-state index contributed by atoms with van der Waals surface area (Å²) in [5, 5.41) is 6.11. The van der Waals surface area contributed by atoms with Crippen LogP contribution in [0.3, 0.4) is 0 Å². The standard InChI is InChI=1S/C16H24F2N4O2/c1-2-6-19-7-8-20-15(23)13-10-21-22-14(13)11-4-3-5-12(9-11)24-16(17)18/h3-5,9,13-14,16,19,21-22H,2,6-8,10H2,1H3,(H,20,23). The van der Waals surface area contributed by atoms with E-state index in [9.17, 15) is 13.6 Å². The third-order valence-electron chi connectivity index (χ3n) is 3.79. The molecule has 24 heavy (non-hydrogen) atoms. The van der Waals surface area contributed by atoms with E-state index >= 15 is 0 Å². The van der Waals surface area contributed by atoms with Gasteiger partial charge in [0, 0.05) is 19.6 Å². The third-order valence-corrected chi connectivity index (χ3v) is 3.79. The molecule has 0 aromatic heterocycles. The Morgan fingerprint density at radius 2 is 2.21 bits per heavy atom. The first-order valence-electron chi connectivity index (χ1n) is 8.13. The fraction of sp³-hybridized carbons (Fsp3) is 0.562. The predicted molar refractivity (Wildman–Crippen MR) is 86.6 cm³/mol. The molecule has 134 valence electrons. The first kappa shape index (κ1) is 18.6. The molecule has 0 aliphatic carbocycles. The summed E-state index contributed by atoms with van der Waals surface area (Å²) in [4.78, 5) is 12.4. The third kappa shape index (κ3) is 5.40. The van der Waals surface area contributed by atoms with Crippen LogP contribution in [0, 0.1) is 5.92 Å². The van der Waals surface area contributed by atoms with Gasteiger partial charge in [0.05, 0.1) is 12.0 Å². The molecular weight excluding hydrogens is 318 g/mol. The summed E-state index contributed by atoms with van der Waals surface area (Å²) in [6.45, 7) is 1.87. The van der Waals surface area contributed by atoms with Gasteiger partial charge in [-0.05, 0) is 30.7 Å². The number of ether oxygens (including phenoxy) is 1. The van der Waals surface area contributed by atoms with Crippen LogP contribution < -0.4 is 26.2 Å². The molecule has 1 aromatic rings. The van der Waals surface area contributed by atoms with E-state index in [0.717, 1.165) is 25.1 Å². The minimum Gasteiger partial charge on any atom is -0.435 e. The van der Waals surface area contributed by atoms with E-state index in [-0.39, 0.29) is 23.6 Å². The molecule has 0 bridgehead atoms. The molecule has 2 atom stereocenters. The van der Waals surface area contributed by atoms with Crippen LogP contribution in [0.25, 0.3) is 0 Å². The molecular formula is C16H24F2N4O2. The summed E-state index contributed by atoms with van der Waals surface area (Å²) in [5.41, 5.74) is 6.71. The molecule has 2 rings (SSSR count). The van der Waals surface area contributed by atoms with Gasteiger partial charge in [0.2, 0.25) is 5.91 Å². The second kappa shape index (κ2) is 9.51. The van der Waals surface area contributed by atoms with Crippen LogP contribution in [0.4, 0.5) is 8.78 Å². The average molecular weight is 342 g/mol. The van der Waals surface area contributed by atoms with Gasteiger partial charge in [-0.2, -0.15) is 8.78 Å². The van der Waals surface area contributed by atoms with E-state index in [1.807, 2.05) is 0 Å². The van der Waals surface area contributed by atoms with Gasteiger partial charge in [0.1, 0.15) is 5.75 Å². The first-order valence-corrected chi connectivity index (χ1v) is 8.13. The van der Waals surface area contributed by atoms with Gasteiger partial charge in [-0.3, -0.25) is 10.2 Å². The zero-order chi connectivity index (χ0) is 17.4. The molecule has 2 unspecified atom stereocenters. The summed E-state index contributed by atoms with van der Waals surface area (Å²) in [7, 11) is 0. The maximum Gasteiger partial charge on any atom is 0.387 e. The number of hydrogen-bond acceptors (Lipinski definition) is 5. The molecule has 1 fully saturated rings. The lowest BCUT2D eigenvalue weighted by Crippen LogP contribution is -2.38. The lowest BCUT2D eigenvalue weighted by atomic mass is 9.94. The second-order valence-electron chi connectivity index (χ2n) is 5.60. The summed E-state index contributed by atoms with van der Waals surface area (Å²) < 4.78 is 29.1. The van der Waals surface area contributed by atoms with E-state index in [1.54, 1.807) is 12.1 Å². The Morgan fingerprint density at radius 1 is 1.38 bits per heavy atom. The van der Waals surface area contributed by atoms with Crippen molar-refractivity contribution >= 4 is 5.91 Å². The fourth-order valence-electron chi connectivity index (χ4n) is 2.65. The van der Waals surface area contributed by atoms with Crippen molar-refractivity contribution in [1.29, 1.82) is 0 Å². The van der Waals surface area contributed by atoms with E-state index in [4.69, 9.17) is 0 Å². The molecule has 1 aliphatic heterocycles. The number of halogens is 2. The fourth-order valence-corrected chi connectivity index (χ4v) is 2.65. The molecule has 1 aromatic carbocycles. The molecule has 6 nitrogen and oxygen atoms in total. The minimum absolute atomic E-state index is 0.0732. The number of nitrogens with one attached hydrogen (secondary N) is 4. The Morgan fingerprint density at radius 3 is 2.96 bits per heavy atom. The molecule has 1 amide bonds. The predicted octanol–water partition coefficient (Wildman–Crippen LogP) is 1.17. The highest BCUT2D eigenvalue weighted by molar-refractivity contribution is 5.80. The van der Waals surface area contributed by atoms with Gasteiger partial charge in [-0.25, -0.2) is 5.43 Å². The normalized spacial score (nSPS) is 20.3. The number of alkyl halides is 2. The Kier molecular flexibility index (Phi) is 7.36. The Balaban J connectivity index is 1.93. The molecule has 4 N–H and O–H groups in total. The van der Waals surface area contributed by atoms with Crippen LogP contribution in [0.1, 0.15) is 24.9 Å². The van der Waals surface area contributed by atoms with Crippen molar-refractivity contribution in [3.63, 3.8) is 0 Å². The highest BCUT2D eigenvalue weighted by Crippen LogP contribution is 2.28. The summed E-state index contributed by atoms with van der Waals surface area (Å²) >= 11 is 0. The number of carbonyl (C=O) groups excluding carboxylic acids is 1. The smallest absolute Gasteiger partial charge is 0.387 e. The van der Waals surface area contributed by atoms with Crippen LogP contribution in [0.5, 0.6) is 5.75 Å². The first-order chi connectivity index (χ1) is 11.6. The van der Waals surface area contributed by atoms with Gasteiger partial charge in [-0.15, -0.1) is 0 Å². The second-order valence-corrected chi connectivity index (χ2v) is 5.60. The van der Waals surface area contributed by atoms with Gasteiger partial charge in [0.15, 0.2) is 0 Å². The lowest BCUT2D eigenvalue weighted by Gasteiger charge is -2.19. The number of hydrazine groups is 1. The summed E-state index contributed by atoms with van der Waals surface area (Å²) in [6, 6.07) is 6.12. The molecule has 0 radical (unpaired) electrons. The minimum atomic E-state index is -2.87. The SMILES string of the molecule is CCCNCCNC(=O)C1CNNC1c1cccc(OC(F)F)c1. The van der Waals surface area contributed by atoms with Crippen LogP contribution in [0.15, 0.2) is 24.3 Å². The van der Waals surface area contributed by atoms with Crippen molar-refractivity contribution < 1.29 is 18.3 Å². The van der Waals surface area contributed by atoms with E-state index in [0.29, 0.717) is 13.1 Å². The molecule has 0 spiro atoms. The Bertz CT molecular complexity index is 531.